The van der Waals surface area contributed by atoms with Gasteiger partial charge in [-0.25, -0.2) is 0 Å². The molecule has 0 aliphatic carbocycles. The number of amides is 1. The fourth-order valence-corrected chi connectivity index (χ4v) is 2.68. The first-order chi connectivity index (χ1) is 7.86. The van der Waals surface area contributed by atoms with Crippen molar-refractivity contribution in [1.29, 1.82) is 0 Å². The minimum absolute atomic E-state index is 0.130. The second-order valence-electron chi connectivity index (χ2n) is 4.42. The van der Waals surface area contributed by atoms with E-state index in [2.05, 4.69) is 17.1 Å². The summed E-state index contributed by atoms with van der Waals surface area (Å²) in [7, 11) is 0. The van der Waals surface area contributed by atoms with Gasteiger partial charge >= 0.3 is 0 Å². The molecule has 0 spiro atoms. The van der Waals surface area contributed by atoms with Crippen LogP contribution in [0.3, 0.4) is 0 Å². The van der Waals surface area contributed by atoms with E-state index in [9.17, 15) is 4.79 Å². The Bertz CT molecular complexity index is 427. The minimum atomic E-state index is 0.130. The molecule has 1 amide bonds. The molecule has 2 unspecified atom stereocenters. The minimum Gasteiger partial charge on any atom is -0.329 e. The zero-order chi connectivity index (χ0) is 11.0. The summed E-state index contributed by atoms with van der Waals surface area (Å²) in [5.74, 6) is 0.130. The fourth-order valence-electron chi connectivity index (χ4n) is 2.68. The SMILES string of the molecule is O=C(c1cccnc1)N1C2C=CCC1CC2. The summed E-state index contributed by atoms with van der Waals surface area (Å²) in [6.07, 6.45) is 11.0. The van der Waals surface area contributed by atoms with E-state index in [4.69, 9.17) is 0 Å². The van der Waals surface area contributed by atoms with Crippen LogP contribution in [0.1, 0.15) is 29.6 Å². The zero-order valence-electron chi connectivity index (χ0n) is 9.04. The van der Waals surface area contributed by atoms with E-state index in [0.717, 1.165) is 19.3 Å². The molecule has 1 fully saturated rings. The lowest BCUT2D eigenvalue weighted by Crippen LogP contribution is -2.42. The van der Waals surface area contributed by atoms with Gasteiger partial charge in [-0.1, -0.05) is 12.2 Å². The third-order valence-corrected chi connectivity index (χ3v) is 3.46. The lowest BCUT2D eigenvalue weighted by molar-refractivity contribution is 0.0688. The molecule has 2 bridgehead atoms. The van der Waals surface area contributed by atoms with E-state index in [1.54, 1.807) is 12.4 Å². The lowest BCUT2D eigenvalue weighted by Gasteiger charge is -2.31. The van der Waals surface area contributed by atoms with E-state index in [-0.39, 0.29) is 5.91 Å². The molecule has 0 aromatic carbocycles. The fraction of sp³-hybridized carbons (Fsp3) is 0.385. The van der Waals surface area contributed by atoms with Crippen LogP contribution in [-0.4, -0.2) is 27.9 Å². The van der Waals surface area contributed by atoms with E-state index in [1.807, 2.05) is 17.0 Å². The third kappa shape index (κ3) is 1.43. The highest BCUT2D eigenvalue weighted by Gasteiger charge is 2.37. The Morgan fingerprint density at radius 2 is 2.38 bits per heavy atom. The van der Waals surface area contributed by atoms with Crippen LogP contribution in [0.2, 0.25) is 0 Å². The van der Waals surface area contributed by atoms with Gasteiger partial charge in [0.15, 0.2) is 0 Å². The normalized spacial score (nSPS) is 27.1. The second-order valence-corrected chi connectivity index (χ2v) is 4.42. The molecule has 16 heavy (non-hydrogen) atoms. The molecule has 3 nitrogen and oxygen atoms in total. The number of carbonyl (C=O) groups excluding carboxylic acids is 1. The van der Waals surface area contributed by atoms with E-state index < -0.39 is 0 Å². The average Bonchev–Trinajstić information content (AvgIpc) is 2.59. The van der Waals surface area contributed by atoms with Crippen molar-refractivity contribution >= 4 is 5.91 Å². The molecule has 2 atom stereocenters. The monoisotopic (exact) mass is 214 g/mol. The van der Waals surface area contributed by atoms with Gasteiger partial charge in [-0.15, -0.1) is 0 Å². The first-order valence-corrected chi connectivity index (χ1v) is 5.75. The van der Waals surface area contributed by atoms with Crippen molar-refractivity contribution in [2.45, 2.75) is 31.3 Å². The van der Waals surface area contributed by atoms with Crippen molar-refractivity contribution in [2.75, 3.05) is 0 Å². The number of rotatable bonds is 1. The van der Waals surface area contributed by atoms with Crippen LogP contribution in [0.4, 0.5) is 0 Å². The maximum Gasteiger partial charge on any atom is 0.256 e. The maximum absolute atomic E-state index is 12.3. The summed E-state index contributed by atoms with van der Waals surface area (Å²) in [6, 6.07) is 4.37. The first-order valence-electron chi connectivity index (χ1n) is 5.75. The van der Waals surface area contributed by atoms with Crippen molar-refractivity contribution < 1.29 is 4.79 Å². The number of fused-ring (bicyclic) bond motifs is 2. The van der Waals surface area contributed by atoms with Gasteiger partial charge in [0.1, 0.15) is 0 Å². The Morgan fingerprint density at radius 3 is 3.12 bits per heavy atom. The summed E-state index contributed by atoms with van der Waals surface area (Å²) in [5, 5.41) is 0. The molecule has 0 N–H and O–H groups in total. The van der Waals surface area contributed by atoms with Gasteiger partial charge in [-0.3, -0.25) is 9.78 Å². The molecule has 1 saturated heterocycles. The second kappa shape index (κ2) is 3.74. The summed E-state index contributed by atoms with van der Waals surface area (Å²) >= 11 is 0. The largest absolute Gasteiger partial charge is 0.329 e. The first kappa shape index (κ1) is 9.58. The van der Waals surface area contributed by atoms with Crippen molar-refractivity contribution in [3.63, 3.8) is 0 Å². The highest BCUT2D eigenvalue weighted by molar-refractivity contribution is 5.94. The Balaban J connectivity index is 1.89. The molecule has 2 aliphatic rings. The smallest absolute Gasteiger partial charge is 0.256 e. The molecule has 3 heterocycles. The predicted molar refractivity (Wildman–Crippen MR) is 61.0 cm³/mol. The number of nitrogens with zero attached hydrogens (tertiary/aromatic N) is 2. The van der Waals surface area contributed by atoms with Crippen LogP contribution in [0.15, 0.2) is 36.7 Å². The Morgan fingerprint density at radius 1 is 1.44 bits per heavy atom. The van der Waals surface area contributed by atoms with Gasteiger partial charge in [-0.2, -0.15) is 0 Å². The number of hydrogen-bond donors (Lipinski definition) is 0. The van der Waals surface area contributed by atoms with Crippen molar-refractivity contribution in [3.8, 4) is 0 Å². The van der Waals surface area contributed by atoms with Crippen molar-refractivity contribution in [2.24, 2.45) is 0 Å². The van der Waals surface area contributed by atoms with Crippen LogP contribution in [0.25, 0.3) is 0 Å². The van der Waals surface area contributed by atoms with Crippen LogP contribution < -0.4 is 0 Å². The number of carbonyl (C=O) groups is 1. The maximum atomic E-state index is 12.3. The molecule has 3 heteroatoms. The van der Waals surface area contributed by atoms with E-state index in [1.165, 1.54) is 0 Å². The standard InChI is InChI=1S/C13H14N2O/c16-13(10-3-2-8-14-9-10)15-11-4-1-5-12(15)7-6-11/h1-4,8-9,11-12H,5-7H2. The number of hydrogen-bond acceptors (Lipinski definition) is 2. The summed E-state index contributed by atoms with van der Waals surface area (Å²) in [4.78, 5) is 18.3. The summed E-state index contributed by atoms with van der Waals surface area (Å²) in [5.41, 5.74) is 0.703. The molecule has 0 saturated carbocycles. The van der Waals surface area contributed by atoms with Gasteiger partial charge in [-0.05, 0) is 31.4 Å². The van der Waals surface area contributed by atoms with Crippen LogP contribution >= 0.6 is 0 Å². The topological polar surface area (TPSA) is 33.2 Å². The third-order valence-electron chi connectivity index (χ3n) is 3.46. The van der Waals surface area contributed by atoms with E-state index in [0.29, 0.717) is 17.6 Å². The summed E-state index contributed by atoms with van der Waals surface area (Å²) in [6.45, 7) is 0. The Hall–Kier alpha value is -1.64. The Labute approximate surface area is 94.8 Å². The van der Waals surface area contributed by atoms with Gasteiger partial charge in [0.25, 0.3) is 5.91 Å². The average molecular weight is 214 g/mol. The predicted octanol–water partition coefficient (Wildman–Crippen LogP) is 2.01. The lowest BCUT2D eigenvalue weighted by atomic mass is 10.1. The summed E-state index contributed by atoms with van der Waals surface area (Å²) < 4.78 is 0. The molecule has 82 valence electrons. The molecule has 0 radical (unpaired) electrons. The quantitative estimate of drug-likeness (QED) is 0.670. The zero-order valence-corrected chi connectivity index (χ0v) is 9.04. The molecule has 3 rings (SSSR count). The van der Waals surface area contributed by atoms with Crippen molar-refractivity contribution in [1.82, 2.24) is 9.88 Å². The van der Waals surface area contributed by atoms with Gasteiger partial charge < -0.3 is 4.90 Å². The number of aromatic nitrogens is 1. The van der Waals surface area contributed by atoms with Crippen LogP contribution in [0, 0.1) is 0 Å². The van der Waals surface area contributed by atoms with Gasteiger partial charge in [0, 0.05) is 18.4 Å². The molecular formula is C13H14N2O. The van der Waals surface area contributed by atoms with Gasteiger partial charge in [0.05, 0.1) is 11.6 Å². The van der Waals surface area contributed by atoms with Crippen molar-refractivity contribution in [3.05, 3.63) is 42.2 Å². The molecular weight excluding hydrogens is 200 g/mol. The van der Waals surface area contributed by atoms with Gasteiger partial charge in [0.2, 0.25) is 0 Å². The molecule has 1 aromatic heterocycles. The van der Waals surface area contributed by atoms with Crippen LogP contribution in [0.5, 0.6) is 0 Å². The molecule has 2 aliphatic heterocycles. The van der Waals surface area contributed by atoms with E-state index >= 15 is 0 Å². The number of pyridine rings is 1. The Kier molecular flexibility index (Phi) is 2.24. The molecule has 1 aromatic rings. The van der Waals surface area contributed by atoms with Crippen LogP contribution in [-0.2, 0) is 0 Å². The highest BCUT2D eigenvalue weighted by Crippen LogP contribution is 2.32. The highest BCUT2D eigenvalue weighted by atomic mass is 16.2.